The maximum absolute atomic E-state index is 13.1. The van der Waals surface area contributed by atoms with E-state index >= 15 is 0 Å². The number of ketones is 1. The third-order valence-corrected chi connectivity index (χ3v) is 6.74. The molecule has 0 spiro atoms. The molecule has 3 atom stereocenters. The number of ether oxygens (including phenoxy) is 2. The van der Waals surface area contributed by atoms with E-state index in [4.69, 9.17) is 9.47 Å². The first-order chi connectivity index (χ1) is 19.0. The van der Waals surface area contributed by atoms with Gasteiger partial charge in [0.25, 0.3) is 11.8 Å². The summed E-state index contributed by atoms with van der Waals surface area (Å²) in [4.78, 5) is 65.2. The molecule has 0 saturated carbocycles. The minimum absolute atomic E-state index is 0.0118. The summed E-state index contributed by atoms with van der Waals surface area (Å²) in [6.07, 6.45) is -1.62. The van der Waals surface area contributed by atoms with Crippen LogP contribution in [0.4, 0.5) is 9.59 Å². The van der Waals surface area contributed by atoms with Crippen LogP contribution in [0, 0.1) is 5.41 Å². The largest absolute Gasteiger partial charge is 0.444 e. The van der Waals surface area contributed by atoms with Crippen molar-refractivity contribution in [1.82, 2.24) is 15.5 Å². The van der Waals surface area contributed by atoms with Gasteiger partial charge in [-0.1, -0.05) is 94.3 Å². The predicted octanol–water partition coefficient (Wildman–Crippen LogP) is 4.29. The lowest BCUT2D eigenvalue weighted by Crippen LogP contribution is -2.49. The van der Waals surface area contributed by atoms with Gasteiger partial charge in [0, 0.05) is 12.0 Å². The first-order valence-electron chi connectivity index (χ1n) is 13.4. The van der Waals surface area contributed by atoms with Gasteiger partial charge in [-0.05, 0) is 24.5 Å². The maximum atomic E-state index is 13.1. The molecule has 3 rings (SSSR count). The average molecular weight is 552 g/mol. The lowest BCUT2D eigenvalue weighted by molar-refractivity contribution is -0.139. The Morgan fingerprint density at radius 1 is 1.00 bits per heavy atom. The monoisotopic (exact) mass is 551 g/mol. The van der Waals surface area contributed by atoms with E-state index in [2.05, 4.69) is 10.6 Å². The number of amides is 4. The van der Waals surface area contributed by atoms with Crippen molar-refractivity contribution in [2.75, 3.05) is 6.54 Å². The van der Waals surface area contributed by atoms with Crippen LogP contribution < -0.4 is 10.6 Å². The molecule has 0 aromatic heterocycles. The minimum atomic E-state index is -1.29. The van der Waals surface area contributed by atoms with Crippen LogP contribution in [0.25, 0.3) is 0 Å². The van der Waals surface area contributed by atoms with E-state index in [1.807, 2.05) is 55.5 Å². The van der Waals surface area contributed by atoms with Crippen molar-refractivity contribution in [3.63, 3.8) is 0 Å². The van der Waals surface area contributed by atoms with Gasteiger partial charge in [0.1, 0.15) is 12.6 Å². The van der Waals surface area contributed by atoms with Gasteiger partial charge in [-0.25, -0.2) is 14.5 Å². The zero-order valence-electron chi connectivity index (χ0n) is 23.3. The molecule has 40 heavy (non-hydrogen) atoms. The third kappa shape index (κ3) is 7.91. The highest BCUT2D eigenvalue weighted by Crippen LogP contribution is 2.33. The molecule has 2 N–H and O–H groups in total. The molecule has 1 unspecified atom stereocenters. The smallest absolute Gasteiger partial charge is 0.416 e. The predicted molar refractivity (Wildman–Crippen MR) is 147 cm³/mol. The Balaban J connectivity index is 1.61. The number of carbonyl (C=O) groups is 5. The van der Waals surface area contributed by atoms with Crippen LogP contribution in [0.1, 0.15) is 64.1 Å². The van der Waals surface area contributed by atoms with Gasteiger partial charge in [0.15, 0.2) is 6.10 Å². The molecule has 0 radical (unpaired) electrons. The number of imide groups is 1. The summed E-state index contributed by atoms with van der Waals surface area (Å²) < 4.78 is 10.7. The molecule has 10 heteroatoms. The van der Waals surface area contributed by atoms with Gasteiger partial charge in [-0.2, -0.15) is 0 Å². The maximum Gasteiger partial charge on any atom is 0.416 e. The van der Waals surface area contributed by atoms with Crippen molar-refractivity contribution in [2.24, 2.45) is 5.41 Å². The molecule has 2 aromatic carbocycles. The molecule has 0 bridgehead atoms. The van der Waals surface area contributed by atoms with Crippen molar-refractivity contribution < 1.29 is 33.4 Å². The highest BCUT2D eigenvalue weighted by atomic mass is 16.6. The lowest BCUT2D eigenvalue weighted by atomic mass is 9.90. The van der Waals surface area contributed by atoms with Crippen molar-refractivity contribution in [2.45, 2.75) is 71.8 Å². The number of benzene rings is 2. The molecule has 1 heterocycles. The minimum Gasteiger partial charge on any atom is -0.444 e. The fraction of sp³-hybridized carbons (Fsp3) is 0.433. The van der Waals surface area contributed by atoms with E-state index in [0.717, 1.165) is 22.4 Å². The number of likely N-dealkylation sites (tertiary alicyclic amines) is 1. The highest BCUT2D eigenvalue weighted by molar-refractivity contribution is 6.38. The zero-order chi connectivity index (χ0) is 29.3. The van der Waals surface area contributed by atoms with Gasteiger partial charge in [0.05, 0.1) is 6.04 Å². The molecule has 0 aliphatic carbocycles. The van der Waals surface area contributed by atoms with E-state index in [1.54, 1.807) is 32.9 Å². The van der Waals surface area contributed by atoms with Crippen LogP contribution in [0.15, 0.2) is 60.7 Å². The average Bonchev–Trinajstić information content (AvgIpc) is 3.18. The van der Waals surface area contributed by atoms with Crippen molar-refractivity contribution >= 4 is 29.8 Å². The van der Waals surface area contributed by atoms with Crippen LogP contribution in [-0.4, -0.2) is 53.4 Å². The molecule has 1 fully saturated rings. The summed E-state index contributed by atoms with van der Waals surface area (Å²) >= 11 is 0. The zero-order valence-corrected chi connectivity index (χ0v) is 23.3. The Kier molecular flexibility index (Phi) is 10.4. The second-order valence-electron chi connectivity index (χ2n) is 10.5. The summed E-state index contributed by atoms with van der Waals surface area (Å²) in [6.45, 7) is 7.02. The number of carbonyl (C=O) groups excluding carboxylic acids is 5. The van der Waals surface area contributed by atoms with Gasteiger partial charge in [-0.15, -0.1) is 0 Å². The van der Waals surface area contributed by atoms with Crippen LogP contribution in [0.2, 0.25) is 0 Å². The number of hydrogen-bond acceptors (Lipinski definition) is 7. The topological polar surface area (TPSA) is 131 Å². The van der Waals surface area contributed by atoms with Gasteiger partial charge in [-0.3, -0.25) is 14.4 Å². The van der Waals surface area contributed by atoms with Crippen molar-refractivity contribution in [3.8, 4) is 0 Å². The highest BCUT2D eigenvalue weighted by Gasteiger charge is 2.52. The van der Waals surface area contributed by atoms with E-state index in [9.17, 15) is 24.0 Å². The van der Waals surface area contributed by atoms with Crippen LogP contribution in [0.5, 0.6) is 0 Å². The molecule has 1 saturated heterocycles. The second kappa shape index (κ2) is 13.7. The number of rotatable bonds is 11. The van der Waals surface area contributed by atoms with Crippen LogP contribution >= 0.6 is 0 Å². The lowest BCUT2D eigenvalue weighted by Gasteiger charge is -2.25. The molecule has 1 aliphatic rings. The van der Waals surface area contributed by atoms with Gasteiger partial charge >= 0.3 is 12.2 Å². The number of alkyl carbamates (subject to hydrolysis) is 1. The van der Waals surface area contributed by atoms with E-state index in [1.165, 1.54) is 0 Å². The molecular weight excluding hydrogens is 514 g/mol. The summed E-state index contributed by atoms with van der Waals surface area (Å²) in [5, 5.41) is 5.13. The number of hydrogen-bond donors (Lipinski definition) is 2. The Morgan fingerprint density at radius 2 is 1.62 bits per heavy atom. The number of nitrogens with zero attached hydrogens (tertiary/aromatic N) is 1. The summed E-state index contributed by atoms with van der Waals surface area (Å²) in [6, 6.07) is 16.7. The fourth-order valence-electron chi connectivity index (χ4n) is 4.42. The van der Waals surface area contributed by atoms with E-state index in [-0.39, 0.29) is 19.6 Å². The Hall–Kier alpha value is -4.21. The van der Waals surface area contributed by atoms with Crippen molar-refractivity contribution in [3.05, 3.63) is 71.8 Å². The van der Waals surface area contributed by atoms with E-state index < -0.39 is 53.4 Å². The van der Waals surface area contributed by atoms with Crippen molar-refractivity contribution in [1.29, 1.82) is 0 Å². The first kappa shape index (κ1) is 30.3. The number of nitrogens with one attached hydrogen (secondary N) is 2. The summed E-state index contributed by atoms with van der Waals surface area (Å²) in [5.41, 5.74) is 0.680. The van der Waals surface area contributed by atoms with Gasteiger partial charge in [0.2, 0.25) is 5.78 Å². The Morgan fingerprint density at radius 3 is 2.25 bits per heavy atom. The van der Waals surface area contributed by atoms with Crippen LogP contribution in [-0.2, 0) is 30.5 Å². The fourth-order valence-corrected chi connectivity index (χ4v) is 4.42. The first-order valence-corrected chi connectivity index (χ1v) is 13.4. The van der Waals surface area contributed by atoms with Crippen LogP contribution in [0.3, 0.4) is 0 Å². The number of unbranched alkanes of at least 4 members (excludes halogenated alkanes) is 1. The Bertz CT molecular complexity index is 1200. The number of Topliss-reactive ketones (excluding diaryl/α,β-unsaturated/α-hetero) is 1. The second-order valence-corrected chi connectivity index (χ2v) is 10.5. The molecule has 10 nitrogen and oxygen atoms in total. The SMILES string of the molecule is CCCC[C@H](NC(=O)OC1C(=O)N(C(=O)OCc2ccccc2)CC1(C)C)C(=O)C(=O)N[C@H](C)c1ccccc1. The van der Waals surface area contributed by atoms with E-state index in [0.29, 0.717) is 6.42 Å². The normalized spacial score (nSPS) is 17.4. The summed E-state index contributed by atoms with van der Waals surface area (Å²) in [7, 11) is 0. The molecule has 2 aromatic rings. The Labute approximate surface area is 234 Å². The molecular formula is C30H37N3O7. The molecule has 1 aliphatic heterocycles. The van der Waals surface area contributed by atoms with Gasteiger partial charge < -0.3 is 20.1 Å². The standard InChI is InChI=1S/C30H37N3O7/c1-5-6-17-23(24(34)26(35)31-20(2)22-15-11-8-12-16-22)32-28(37)40-25-27(36)33(19-30(25,3)4)29(38)39-18-21-13-9-7-10-14-21/h7-16,20,23,25H,5-6,17-19H2,1-4H3,(H,31,35)(H,32,37)/t20-,23+,25?/m1/s1. The quantitative estimate of drug-likeness (QED) is 0.398. The molecule has 214 valence electrons. The molecule has 4 amide bonds. The summed E-state index contributed by atoms with van der Waals surface area (Å²) in [5.74, 6) is -2.36. The third-order valence-electron chi connectivity index (χ3n) is 6.74.